The topological polar surface area (TPSA) is 56.3 Å². The number of aryl methyl sites for hydroxylation is 1. The van der Waals surface area contributed by atoms with Crippen molar-refractivity contribution in [1.82, 2.24) is 9.97 Å². The van der Waals surface area contributed by atoms with Crippen LogP contribution in [0, 0.1) is 6.92 Å². The van der Waals surface area contributed by atoms with E-state index in [1.807, 2.05) is 38.2 Å². The first-order chi connectivity index (χ1) is 9.71. The van der Waals surface area contributed by atoms with Crippen LogP contribution in [0.1, 0.15) is 19.0 Å². The van der Waals surface area contributed by atoms with E-state index >= 15 is 0 Å². The molecule has 2 rings (SSSR count). The summed E-state index contributed by atoms with van der Waals surface area (Å²) in [5.74, 6) is 1.23. The molecule has 0 saturated carbocycles. The minimum atomic E-state index is 0.299. The molecule has 0 amide bonds. The summed E-state index contributed by atoms with van der Waals surface area (Å²) in [4.78, 5) is 8.49. The Morgan fingerprint density at radius 2 is 1.90 bits per heavy atom. The predicted octanol–water partition coefficient (Wildman–Crippen LogP) is 3.41. The van der Waals surface area contributed by atoms with Gasteiger partial charge in [0, 0.05) is 24.5 Å². The Kier molecular flexibility index (Phi) is 4.76. The van der Waals surface area contributed by atoms with E-state index in [1.54, 1.807) is 6.07 Å². The first kappa shape index (κ1) is 14.1. The van der Waals surface area contributed by atoms with Crippen molar-refractivity contribution in [3.8, 4) is 17.6 Å². The predicted molar refractivity (Wildman–Crippen MR) is 78.6 cm³/mol. The van der Waals surface area contributed by atoms with Crippen LogP contribution in [0.4, 0.5) is 5.69 Å². The van der Waals surface area contributed by atoms with Gasteiger partial charge in [0.05, 0.1) is 6.61 Å². The summed E-state index contributed by atoms with van der Waals surface area (Å²) < 4.78 is 11.2. The standard InChI is InChI=1S/C15H19N3O2/c1-4-9-19-14-10-11(2)17-15(18-14)20-13-7-5-12(16-3)6-8-13/h5-8,10,16H,4,9H2,1-3H3. The summed E-state index contributed by atoms with van der Waals surface area (Å²) >= 11 is 0. The van der Waals surface area contributed by atoms with Gasteiger partial charge in [0.1, 0.15) is 5.75 Å². The molecule has 0 radical (unpaired) electrons. The summed E-state index contributed by atoms with van der Waals surface area (Å²) in [5, 5.41) is 3.05. The van der Waals surface area contributed by atoms with Crippen molar-refractivity contribution in [2.75, 3.05) is 19.0 Å². The number of hydrogen-bond donors (Lipinski definition) is 1. The Morgan fingerprint density at radius 1 is 1.15 bits per heavy atom. The Labute approximate surface area is 119 Å². The van der Waals surface area contributed by atoms with Crippen LogP contribution in [0.3, 0.4) is 0 Å². The molecule has 5 heteroatoms. The largest absolute Gasteiger partial charge is 0.478 e. The molecule has 0 aliphatic rings. The highest BCUT2D eigenvalue weighted by Gasteiger charge is 2.05. The molecular formula is C15H19N3O2. The molecule has 1 N–H and O–H groups in total. The second-order valence-electron chi connectivity index (χ2n) is 4.36. The third-order valence-electron chi connectivity index (χ3n) is 2.62. The maximum absolute atomic E-state index is 5.65. The number of ether oxygens (including phenoxy) is 2. The molecule has 0 unspecified atom stereocenters. The van der Waals surface area contributed by atoms with E-state index in [-0.39, 0.29) is 0 Å². The van der Waals surface area contributed by atoms with E-state index in [1.165, 1.54) is 0 Å². The van der Waals surface area contributed by atoms with Crippen molar-refractivity contribution in [2.24, 2.45) is 0 Å². The monoisotopic (exact) mass is 273 g/mol. The number of hydrogen-bond acceptors (Lipinski definition) is 5. The number of nitrogens with one attached hydrogen (secondary N) is 1. The molecular weight excluding hydrogens is 254 g/mol. The highest BCUT2D eigenvalue weighted by molar-refractivity contribution is 5.46. The summed E-state index contributed by atoms with van der Waals surface area (Å²) in [5.41, 5.74) is 1.84. The molecule has 0 saturated heterocycles. The van der Waals surface area contributed by atoms with Crippen molar-refractivity contribution in [3.05, 3.63) is 36.0 Å². The lowest BCUT2D eigenvalue weighted by atomic mass is 10.3. The zero-order valence-corrected chi connectivity index (χ0v) is 12.0. The molecule has 0 spiro atoms. The van der Waals surface area contributed by atoms with E-state index in [9.17, 15) is 0 Å². The lowest BCUT2D eigenvalue weighted by molar-refractivity contribution is 0.298. The number of benzene rings is 1. The second kappa shape index (κ2) is 6.75. The van der Waals surface area contributed by atoms with Gasteiger partial charge in [-0.05, 0) is 37.6 Å². The average molecular weight is 273 g/mol. The smallest absolute Gasteiger partial charge is 0.325 e. The third kappa shape index (κ3) is 3.85. The van der Waals surface area contributed by atoms with E-state index in [0.717, 1.165) is 17.8 Å². The van der Waals surface area contributed by atoms with Gasteiger partial charge < -0.3 is 14.8 Å². The Morgan fingerprint density at radius 3 is 2.55 bits per heavy atom. The van der Waals surface area contributed by atoms with Crippen LogP contribution < -0.4 is 14.8 Å². The molecule has 106 valence electrons. The fourth-order valence-electron chi connectivity index (χ4n) is 1.63. The van der Waals surface area contributed by atoms with Gasteiger partial charge in [-0.2, -0.15) is 9.97 Å². The van der Waals surface area contributed by atoms with Gasteiger partial charge in [-0.3, -0.25) is 0 Å². The molecule has 1 heterocycles. The van der Waals surface area contributed by atoms with E-state index in [4.69, 9.17) is 9.47 Å². The molecule has 0 atom stereocenters. The number of anilines is 1. The second-order valence-corrected chi connectivity index (χ2v) is 4.36. The van der Waals surface area contributed by atoms with Gasteiger partial charge in [-0.25, -0.2) is 0 Å². The van der Waals surface area contributed by atoms with Crippen LogP contribution in [0.5, 0.6) is 17.6 Å². The van der Waals surface area contributed by atoms with Gasteiger partial charge >= 0.3 is 6.01 Å². The van der Waals surface area contributed by atoms with Gasteiger partial charge in [-0.1, -0.05) is 6.92 Å². The molecule has 0 fully saturated rings. The number of aromatic nitrogens is 2. The maximum atomic E-state index is 5.65. The fraction of sp³-hybridized carbons (Fsp3) is 0.333. The summed E-state index contributed by atoms with van der Waals surface area (Å²) in [6.07, 6.45) is 0.935. The summed E-state index contributed by atoms with van der Waals surface area (Å²) in [6.45, 7) is 4.57. The Balaban J connectivity index is 2.12. The lowest BCUT2D eigenvalue weighted by Gasteiger charge is -2.08. The Bertz CT molecular complexity index is 556. The molecule has 0 aliphatic heterocycles. The quantitative estimate of drug-likeness (QED) is 0.874. The van der Waals surface area contributed by atoms with Crippen LogP contribution in [-0.2, 0) is 0 Å². The minimum Gasteiger partial charge on any atom is -0.478 e. The highest BCUT2D eigenvalue weighted by Crippen LogP contribution is 2.22. The van der Waals surface area contributed by atoms with Gasteiger partial charge in [0.15, 0.2) is 0 Å². The number of nitrogens with zero attached hydrogens (tertiary/aromatic N) is 2. The molecule has 1 aromatic carbocycles. The van der Waals surface area contributed by atoms with Gasteiger partial charge in [0.2, 0.25) is 5.88 Å². The highest BCUT2D eigenvalue weighted by atomic mass is 16.5. The first-order valence-corrected chi connectivity index (χ1v) is 6.65. The first-order valence-electron chi connectivity index (χ1n) is 6.65. The molecule has 2 aromatic rings. The van der Waals surface area contributed by atoms with Crippen molar-refractivity contribution in [1.29, 1.82) is 0 Å². The van der Waals surface area contributed by atoms with Crippen molar-refractivity contribution < 1.29 is 9.47 Å². The van der Waals surface area contributed by atoms with E-state index in [0.29, 0.717) is 24.2 Å². The fourth-order valence-corrected chi connectivity index (χ4v) is 1.63. The molecule has 5 nitrogen and oxygen atoms in total. The number of rotatable bonds is 6. The van der Waals surface area contributed by atoms with Crippen molar-refractivity contribution >= 4 is 5.69 Å². The molecule has 20 heavy (non-hydrogen) atoms. The van der Waals surface area contributed by atoms with E-state index in [2.05, 4.69) is 22.2 Å². The molecule has 0 bridgehead atoms. The normalized spacial score (nSPS) is 10.2. The van der Waals surface area contributed by atoms with Crippen molar-refractivity contribution in [2.45, 2.75) is 20.3 Å². The van der Waals surface area contributed by atoms with Crippen LogP contribution in [-0.4, -0.2) is 23.6 Å². The molecule has 0 aliphatic carbocycles. The van der Waals surface area contributed by atoms with Crippen LogP contribution in [0.2, 0.25) is 0 Å². The zero-order valence-electron chi connectivity index (χ0n) is 12.0. The maximum Gasteiger partial charge on any atom is 0.325 e. The van der Waals surface area contributed by atoms with Crippen LogP contribution in [0.25, 0.3) is 0 Å². The van der Waals surface area contributed by atoms with Crippen LogP contribution in [0.15, 0.2) is 30.3 Å². The van der Waals surface area contributed by atoms with E-state index < -0.39 is 0 Å². The SMILES string of the molecule is CCCOc1cc(C)nc(Oc2ccc(NC)cc2)n1. The lowest BCUT2D eigenvalue weighted by Crippen LogP contribution is -2.01. The van der Waals surface area contributed by atoms with Gasteiger partial charge in [0.25, 0.3) is 0 Å². The summed E-state index contributed by atoms with van der Waals surface area (Å²) in [7, 11) is 1.87. The molecule has 1 aromatic heterocycles. The van der Waals surface area contributed by atoms with Crippen molar-refractivity contribution in [3.63, 3.8) is 0 Å². The zero-order chi connectivity index (χ0) is 14.4. The van der Waals surface area contributed by atoms with Crippen LogP contribution >= 0.6 is 0 Å². The Hall–Kier alpha value is -2.30. The third-order valence-corrected chi connectivity index (χ3v) is 2.62. The average Bonchev–Trinajstić information content (AvgIpc) is 2.45. The minimum absolute atomic E-state index is 0.299. The summed E-state index contributed by atoms with van der Waals surface area (Å²) in [6, 6.07) is 9.69. The van der Waals surface area contributed by atoms with Gasteiger partial charge in [-0.15, -0.1) is 0 Å².